The molecule has 0 saturated heterocycles. The van der Waals surface area contributed by atoms with E-state index < -0.39 is 0 Å². The van der Waals surface area contributed by atoms with Gasteiger partial charge in [0, 0.05) is 22.6 Å². The Morgan fingerprint density at radius 3 is 3.06 bits per heavy atom. The number of halogens is 1. The van der Waals surface area contributed by atoms with E-state index in [1.165, 1.54) is 0 Å². The molecule has 3 rings (SSSR count). The van der Waals surface area contributed by atoms with Crippen molar-refractivity contribution in [3.05, 3.63) is 47.1 Å². The lowest BCUT2D eigenvalue weighted by atomic mass is 10.3. The summed E-state index contributed by atoms with van der Waals surface area (Å²) in [7, 11) is 0. The number of aromatic nitrogens is 3. The summed E-state index contributed by atoms with van der Waals surface area (Å²) < 4.78 is 3.00. The van der Waals surface area contributed by atoms with Gasteiger partial charge in [0.1, 0.15) is 6.33 Å². The largest absolute Gasteiger partial charge is 0.339 e. The van der Waals surface area contributed by atoms with Crippen molar-refractivity contribution in [1.29, 1.82) is 0 Å². The van der Waals surface area contributed by atoms with Crippen LogP contribution in [0.1, 0.15) is 5.82 Å². The Kier molecular flexibility index (Phi) is 2.25. The highest BCUT2D eigenvalue weighted by Gasteiger charge is 2.13. The van der Waals surface area contributed by atoms with Crippen molar-refractivity contribution in [2.24, 2.45) is 0 Å². The molecule has 0 bridgehead atoms. The van der Waals surface area contributed by atoms with Gasteiger partial charge >= 0.3 is 0 Å². The Morgan fingerprint density at radius 2 is 2.19 bits per heavy atom. The molecule has 4 nitrogen and oxygen atoms in total. The molecule has 0 fully saturated rings. The number of hydrogen-bond donors (Lipinski definition) is 0. The zero-order valence-corrected chi connectivity index (χ0v) is 10.0. The van der Waals surface area contributed by atoms with E-state index >= 15 is 0 Å². The molecule has 2 aromatic rings. The number of anilines is 1. The molecule has 0 aliphatic carbocycles. The van der Waals surface area contributed by atoms with Gasteiger partial charge < -0.3 is 4.90 Å². The van der Waals surface area contributed by atoms with Crippen molar-refractivity contribution in [3.63, 3.8) is 0 Å². The first-order chi connectivity index (χ1) is 7.83. The van der Waals surface area contributed by atoms with Crippen molar-refractivity contribution in [2.45, 2.75) is 6.54 Å². The highest BCUT2D eigenvalue weighted by molar-refractivity contribution is 9.10. The molecule has 2 heterocycles. The summed E-state index contributed by atoms with van der Waals surface area (Å²) in [4.78, 5) is 2.13. The maximum Gasteiger partial charge on any atom is 0.156 e. The summed E-state index contributed by atoms with van der Waals surface area (Å²) in [5, 5.41) is 7.94. The Balaban J connectivity index is 1.94. The molecule has 0 atom stereocenters. The molecule has 0 radical (unpaired) electrons. The van der Waals surface area contributed by atoms with Crippen molar-refractivity contribution in [2.75, 3.05) is 4.90 Å². The number of hydrogen-bond acceptors (Lipinski definition) is 3. The average Bonchev–Trinajstić information content (AvgIpc) is 2.75. The lowest BCUT2D eigenvalue weighted by Gasteiger charge is -2.23. The van der Waals surface area contributed by atoms with Gasteiger partial charge in [-0.2, -0.15) is 0 Å². The summed E-state index contributed by atoms with van der Waals surface area (Å²) in [5.74, 6) is 0.947. The second-order valence-corrected chi connectivity index (χ2v) is 4.48. The number of nitrogens with zero attached hydrogens (tertiary/aromatic N) is 4. The van der Waals surface area contributed by atoms with Crippen LogP contribution in [0.15, 0.2) is 41.3 Å². The fourth-order valence-electron chi connectivity index (χ4n) is 1.69. The summed E-state index contributed by atoms with van der Waals surface area (Å²) >= 11 is 3.47. The zero-order valence-electron chi connectivity index (χ0n) is 8.42. The van der Waals surface area contributed by atoms with Gasteiger partial charge in [0.15, 0.2) is 5.82 Å². The predicted molar refractivity (Wildman–Crippen MR) is 65.7 cm³/mol. The Hall–Kier alpha value is -1.62. The maximum absolute atomic E-state index is 4.06. The molecule has 5 heteroatoms. The molecule has 1 aromatic heterocycles. The van der Waals surface area contributed by atoms with Gasteiger partial charge in [0.25, 0.3) is 0 Å². The molecule has 0 saturated carbocycles. The third-order valence-electron chi connectivity index (χ3n) is 2.51. The first kappa shape index (κ1) is 9.59. The normalized spacial score (nSPS) is 13.9. The monoisotopic (exact) mass is 276 g/mol. The van der Waals surface area contributed by atoms with Crippen molar-refractivity contribution in [1.82, 2.24) is 14.8 Å². The highest BCUT2D eigenvalue weighted by atomic mass is 79.9. The molecular weight excluding hydrogens is 268 g/mol. The second kappa shape index (κ2) is 3.75. The van der Waals surface area contributed by atoms with Crippen LogP contribution in [-0.2, 0) is 6.54 Å². The molecule has 0 spiro atoms. The van der Waals surface area contributed by atoms with Crippen molar-refractivity contribution in [3.8, 4) is 0 Å². The van der Waals surface area contributed by atoms with Gasteiger partial charge in [-0.1, -0.05) is 22.0 Å². The van der Waals surface area contributed by atoms with E-state index in [0.717, 1.165) is 22.5 Å². The third-order valence-corrected chi connectivity index (χ3v) is 3.00. The molecule has 0 unspecified atom stereocenters. The third kappa shape index (κ3) is 1.63. The lowest BCUT2D eigenvalue weighted by molar-refractivity contribution is 0.818. The summed E-state index contributed by atoms with van der Waals surface area (Å²) in [6, 6.07) is 8.18. The maximum atomic E-state index is 4.06. The average molecular weight is 277 g/mol. The standard InChI is InChI=1S/C11H9BrN4/c12-9-2-1-3-10(6-9)15-4-5-16-8-13-14-11(16)7-15/h1-6,8H,7H2. The summed E-state index contributed by atoms with van der Waals surface area (Å²) in [6.07, 6.45) is 5.70. The smallest absolute Gasteiger partial charge is 0.156 e. The lowest BCUT2D eigenvalue weighted by Crippen LogP contribution is -2.21. The van der Waals surface area contributed by atoms with E-state index in [1.807, 2.05) is 29.1 Å². The van der Waals surface area contributed by atoms with E-state index in [2.05, 4.69) is 43.2 Å². The van der Waals surface area contributed by atoms with E-state index in [-0.39, 0.29) is 0 Å². The van der Waals surface area contributed by atoms with Gasteiger partial charge in [0.2, 0.25) is 0 Å². The second-order valence-electron chi connectivity index (χ2n) is 3.56. The minimum absolute atomic E-state index is 0.743. The molecule has 1 aliphatic heterocycles. The van der Waals surface area contributed by atoms with Crippen LogP contribution in [0.5, 0.6) is 0 Å². The Morgan fingerprint density at radius 1 is 1.25 bits per heavy atom. The van der Waals surface area contributed by atoms with Crippen molar-refractivity contribution >= 4 is 27.8 Å². The first-order valence-electron chi connectivity index (χ1n) is 4.92. The van der Waals surface area contributed by atoms with Crippen LogP contribution in [0, 0.1) is 0 Å². The van der Waals surface area contributed by atoms with Gasteiger partial charge in [0.05, 0.1) is 6.54 Å². The number of rotatable bonds is 1. The van der Waals surface area contributed by atoms with Crippen LogP contribution in [0.3, 0.4) is 0 Å². The van der Waals surface area contributed by atoms with E-state index in [9.17, 15) is 0 Å². The fourth-order valence-corrected chi connectivity index (χ4v) is 2.08. The SMILES string of the molecule is Brc1cccc(N2C=Cn3cnnc3C2)c1. The molecular formula is C11H9BrN4. The zero-order chi connectivity index (χ0) is 11.0. The Labute approximate surface area is 101 Å². The number of fused-ring (bicyclic) bond motifs is 1. The van der Waals surface area contributed by atoms with Gasteiger partial charge in [-0.15, -0.1) is 10.2 Å². The van der Waals surface area contributed by atoms with E-state index in [1.54, 1.807) is 6.33 Å². The fraction of sp³-hybridized carbons (Fsp3) is 0.0909. The summed E-state index contributed by atoms with van der Waals surface area (Å²) in [5.41, 5.74) is 1.14. The predicted octanol–water partition coefficient (Wildman–Crippen LogP) is 2.49. The molecule has 0 N–H and O–H groups in total. The van der Waals surface area contributed by atoms with Gasteiger partial charge in [-0.3, -0.25) is 4.57 Å². The van der Waals surface area contributed by atoms with Gasteiger partial charge in [-0.05, 0) is 18.2 Å². The van der Waals surface area contributed by atoms with Crippen LogP contribution in [0.4, 0.5) is 5.69 Å². The van der Waals surface area contributed by atoms with Gasteiger partial charge in [-0.25, -0.2) is 0 Å². The summed E-state index contributed by atoms with van der Waals surface area (Å²) in [6.45, 7) is 0.743. The molecule has 1 aromatic carbocycles. The highest BCUT2D eigenvalue weighted by Crippen LogP contribution is 2.23. The van der Waals surface area contributed by atoms with E-state index in [4.69, 9.17) is 0 Å². The Bertz CT molecular complexity index is 546. The topological polar surface area (TPSA) is 34.0 Å². The molecule has 16 heavy (non-hydrogen) atoms. The van der Waals surface area contributed by atoms with E-state index in [0.29, 0.717) is 0 Å². The van der Waals surface area contributed by atoms with Crippen LogP contribution < -0.4 is 4.90 Å². The molecule has 1 aliphatic rings. The molecule has 80 valence electrons. The van der Waals surface area contributed by atoms with Crippen LogP contribution >= 0.6 is 15.9 Å². The van der Waals surface area contributed by atoms with Crippen molar-refractivity contribution < 1.29 is 0 Å². The minimum Gasteiger partial charge on any atom is -0.339 e. The molecule has 0 amide bonds. The first-order valence-corrected chi connectivity index (χ1v) is 5.71. The van der Waals surface area contributed by atoms with Crippen LogP contribution in [0.25, 0.3) is 6.20 Å². The number of benzene rings is 1. The minimum atomic E-state index is 0.743. The quantitative estimate of drug-likeness (QED) is 0.803. The van der Waals surface area contributed by atoms with Crippen LogP contribution in [-0.4, -0.2) is 14.8 Å². The van der Waals surface area contributed by atoms with Crippen LogP contribution in [0.2, 0.25) is 0 Å².